The maximum atomic E-state index is 12.5. The van der Waals surface area contributed by atoms with E-state index < -0.39 is 0 Å². The highest BCUT2D eigenvalue weighted by Gasteiger charge is 2.09. The standard InChI is InChI=1S/C23H17N5O2S/c29-21(13-14-28-23(30)17-5-1-2-6-18(17)26-27-28)24-16-11-9-15(10-12-16)22-25-19-7-3-4-8-20(19)31-22/h1-12H,13-14H2,(H,24,29). The van der Waals surface area contributed by atoms with Crippen LogP contribution in [0.5, 0.6) is 0 Å². The first-order chi connectivity index (χ1) is 15.2. The summed E-state index contributed by atoms with van der Waals surface area (Å²) in [5.74, 6) is -0.199. The van der Waals surface area contributed by atoms with Crippen molar-refractivity contribution in [3.8, 4) is 10.6 Å². The highest BCUT2D eigenvalue weighted by atomic mass is 32.1. The number of nitrogens with zero attached hydrogens (tertiary/aromatic N) is 4. The maximum absolute atomic E-state index is 12.5. The summed E-state index contributed by atoms with van der Waals surface area (Å²) in [5.41, 5.74) is 2.95. The van der Waals surface area contributed by atoms with E-state index in [-0.39, 0.29) is 24.4 Å². The number of aryl methyl sites for hydroxylation is 1. The van der Waals surface area contributed by atoms with Gasteiger partial charge in [0, 0.05) is 17.7 Å². The average Bonchev–Trinajstić information content (AvgIpc) is 3.24. The molecule has 2 heterocycles. The molecule has 5 aromatic rings. The van der Waals surface area contributed by atoms with Gasteiger partial charge in [0.1, 0.15) is 10.5 Å². The summed E-state index contributed by atoms with van der Waals surface area (Å²) in [6, 6.07) is 22.6. The van der Waals surface area contributed by atoms with E-state index in [1.165, 1.54) is 4.68 Å². The number of thiazole rings is 1. The van der Waals surface area contributed by atoms with Crippen LogP contribution in [0.1, 0.15) is 6.42 Å². The summed E-state index contributed by atoms with van der Waals surface area (Å²) >= 11 is 1.63. The minimum atomic E-state index is -0.251. The van der Waals surface area contributed by atoms with E-state index in [1.54, 1.807) is 35.6 Å². The fourth-order valence-electron chi connectivity index (χ4n) is 3.29. The van der Waals surface area contributed by atoms with Crippen molar-refractivity contribution in [1.29, 1.82) is 0 Å². The van der Waals surface area contributed by atoms with Gasteiger partial charge in [-0.25, -0.2) is 9.67 Å². The van der Waals surface area contributed by atoms with Crippen LogP contribution in [0.15, 0.2) is 77.6 Å². The zero-order valence-corrected chi connectivity index (χ0v) is 17.2. The topological polar surface area (TPSA) is 89.8 Å². The molecule has 5 rings (SSSR count). The molecule has 31 heavy (non-hydrogen) atoms. The summed E-state index contributed by atoms with van der Waals surface area (Å²) in [4.78, 5) is 29.5. The van der Waals surface area contributed by atoms with Gasteiger partial charge in [0.15, 0.2) is 0 Å². The lowest BCUT2D eigenvalue weighted by Crippen LogP contribution is -2.26. The lowest BCUT2D eigenvalue weighted by Gasteiger charge is -2.07. The van der Waals surface area contributed by atoms with Crippen LogP contribution in [-0.2, 0) is 11.3 Å². The Balaban J connectivity index is 1.24. The molecule has 7 nitrogen and oxygen atoms in total. The van der Waals surface area contributed by atoms with Crippen molar-refractivity contribution < 1.29 is 4.79 Å². The van der Waals surface area contributed by atoms with Gasteiger partial charge in [-0.3, -0.25) is 9.59 Å². The van der Waals surface area contributed by atoms with Gasteiger partial charge < -0.3 is 5.32 Å². The van der Waals surface area contributed by atoms with Crippen LogP contribution >= 0.6 is 11.3 Å². The van der Waals surface area contributed by atoms with E-state index in [2.05, 4.69) is 26.7 Å². The lowest BCUT2D eigenvalue weighted by molar-refractivity contribution is -0.116. The van der Waals surface area contributed by atoms with Crippen molar-refractivity contribution in [2.45, 2.75) is 13.0 Å². The zero-order valence-electron chi connectivity index (χ0n) is 16.4. The molecule has 0 aliphatic carbocycles. The number of hydrogen-bond donors (Lipinski definition) is 1. The van der Waals surface area contributed by atoms with Crippen molar-refractivity contribution in [3.63, 3.8) is 0 Å². The van der Waals surface area contributed by atoms with Crippen LogP contribution in [0.25, 0.3) is 31.7 Å². The maximum Gasteiger partial charge on any atom is 0.277 e. The van der Waals surface area contributed by atoms with Gasteiger partial charge in [0.05, 0.1) is 22.1 Å². The fourth-order valence-corrected chi connectivity index (χ4v) is 4.26. The molecule has 0 spiro atoms. The van der Waals surface area contributed by atoms with Crippen molar-refractivity contribution in [2.24, 2.45) is 0 Å². The van der Waals surface area contributed by atoms with Crippen LogP contribution in [0.2, 0.25) is 0 Å². The third-order valence-electron chi connectivity index (χ3n) is 4.89. The number of hydrogen-bond acceptors (Lipinski definition) is 6. The minimum Gasteiger partial charge on any atom is -0.326 e. The Morgan fingerprint density at radius 3 is 2.48 bits per heavy atom. The van der Waals surface area contributed by atoms with Crippen LogP contribution in [0.4, 0.5) is 5.69 Å². The molecule has 0 saturated carbocycles. The molecule has 3 aromatic carbocycles. The highest BCUT2D eigenvalue weighted by molar-refractivity contribution is 7.21. The average molecular weight is 427 g/mol. The van der Waals surface area contributed by atoms with Gasteiger partial charge in [-0.1, -0.05) is 29.5 Å². The number of rotatable bonds is 5. The van der Waals surface area contributed by atoms with E-state index >= 15 is 0 Å². The number of amides is 1. The smallest absolute Gasteiger partial charge is 0.277 e. The van der Waals surface area contributed by atoms with E-state index in [1.807, 2.05) is 42.5 Å². The van der Waals surface area contributed by atoms with E-state index in [4.69, 9.17) is 0 Å². The first-order valence-electron chi connectivity index (χ1n) is 9.76. The summed E-state index contributed by atoms with van der Waals surface area (Å²) in [6.45, 7) is 0.159. The molecular formula is C23H17N5O2S. The third kappa shape index (κ3) is 3.93. The molecule has 0 bridgehead atoms. The lowest BCUT2D eigenvalue weighted by atomic mass is 10.2. The zero-order chi connectivity index (χ0) is 21.2. The molecule has 0 unspecified atom stereocenters. The van der Waals surface area contributed by atoms with E-state index in [0.717, 1.165) is 20.8 Å². The SMILES string of the molecule is O=C(CCn1nnc2ccccc2c1=O)Nc1ccc(-c2nc3ccccc3s2)cc1. The van der Waals surface area contributed by atoms with Gasteiger partial charge in [-0.05, 0) is 48.5 Å². The highest BCUT2D eigenvalue weighted by Crippen LogP contribution is 2.30. The van der Waals surface area contributed by atoms with Crippen LogP contribution in [0, 0.1) is 0 Å². The molecular weight excluding hydrogens is 410 g/mol. The first kappa shape index (κ1) is 19.1. The predicted molar refractivity (Wildman–Crippen MR) is 122 cm³/mol. The Morgan fingerprint density at radius 2 is 1.68 bits per heavy atom. The summed E-state index contributed by atoms with van der Waals surface area (Å²) in [6.07, 6.45) is 0.118. The van der Waals surface area contributed by atoms with Gasteiger partial charge in [-0.2, -0.15) is 0 Å². The molecule has 0 fully saturated rings. The van der Waals surface area contributed by atoms with Gasteiger partial charge >= 0.3 is 0 Å². The fraction of sp³-hybridized carbons (Fsp3) is 0.0870. The second-order valence-electron chi connectivity index (χ2n) is 7.00. The second-order valence-corrected chi connectivity index (χ2v) is 8.03. The van der Waals surface area contributed by atoms with Crippen molar-refractivity contribution in [3.05, 3.63) is 83.2 Å². The Hall–Kier alpha value is -3.91. The molecule has 0 radical (unpaired) electrons. The van der Waals surface area contributed by atoms with Gasteiger partial charge in [0.2, 0.25) is 5.91 Å². The number of fused-ring (bicyclic) bond motifs is 2. The monoisotopic (exact) mass is 427 g/mol. The normalized spacial score (nSPS) is 11.1. The van der Waals surface area contributed by atoms with Crippen molar-refractivity contribution in [1.82, 2.24) is 20.0 Å². The van der Waals surface area contributed by atoms with Crippen LogP contribution in [-0.4, -0.2) is 25.9 Å². The summed E-state index contributed by atoms with van der Waals surface area (Å²) in [5, 5.41) is 12.2. The quantitative estimate of drug-likeness (QED) is 0.456. The van der Waals surface area contributed by atoms with Crippen LogP contribution < -0.4 is 10.9 Å². The molecule has 152 valence electrons. The van der Waals surface area contributed by atoms with Crippen LogP contribution in [0.3, 0.4) is 0 Å². The van der Waals surface area contributed by atoms with Gasteiger partial charge in [0.25, 0.3) is 5.56 Å². The Kier molecular flexibility index (Phi) is 4.97. The van der Waals surface area contributed by atoms with E-state index in [0.29, 0.717) is 16.6 Å². The van der Waals surface area contributed by atoms with E-state index in [9.17, 15) is 9.59 Å². The first-order valence-corrected chi connectivity index (χ1v) is 10.6. The van der Waals surface area contributed by atoms with Crippen molar-refractivity contribution >= 4 is 44.1 Å². The minimum absolute atomic E-state index is 0.118. The number of nitrogens with one attached hydrogen (secondary N) is 1. The molecule has 1 N–H and O–H groups in total. The van der Waals surface area contributed by atoms with Crippen molar-refractivity contribution in [2.75, 3.05) is 5.32 Å². The predicted octanol–water partition coefficient (Wildman–Crippen LogP) is 4.10. The Labute approximate surface area is 181 Å². The number of carbonyl (C=O) groups excluding carboxylic acids is 1. The third-order valence-corrected chi connectivity index (χ3v) is 5.97. The molecule has 0 aliphatic heterocycles. The Bertz CT molecular complexity index is 1420. The molecule has 1 amide bonds. The summed E-state index contributed by atoms with van der Waals surface area (Å²) < 4.78 is 2.36. The number of para-hydroxylation sites is 1. The Morgan fingerprint density at radius 1 is 0.935 bits per heavy atom. The number of benzene rings is 3. The molecule has 0 atom stereocenters. The molecule has 0 saturated heterocycles. The number of anilines is 1. The van der Waals surface area contributed by atoms with Gasteiger partial charge in [-0.15, -0.1) is 16.4 Å². The number of aromatic nitrogens is 4. The molecule has 8 heteroatoms. The second kappa shape index (κ2) is 8.08. The summed E-state index contributed by atoms with van der Waals surface area (Å²) in [7, 11) is 0. The number of carbonyl (C=O) groups is 1. The largest absolute Gasteiger partial charge is 0.326 e. The molecule has 0 aliphatic rings. The molecule has 2 aromatic heterocycles.